The Labute approximate surface area is 185 Å². The SMILES string of the molecule is COc1cccc(C(CN(C)C)NC(=O)c2sccc2Cc2ccnc3[nH]ccc23)c1. The van der Waals surface area contributed by atoms with Crippen LogP contribution in [0.25, 0.3) is 11.0 Å². The van der Waals surface area contributed by atoms with E-state index in [-0.39, 0.29) is 11.9 Å². The van der Waals surface area contributed by atoms with Gasteiger partial charge in [-0.05, 0) is 72.9 Å². The van der Waals surface area contributed by atoms with E-state index in [4.69, 9.17) is 4.74 Å². The first-order chi connectivity index (χ1) is 15.0. The average Bonchev–Trinajstić information content (AvgIpc) is 3.43. The molecule has 7 heteroatoms. The Morgan fingerprint density at radius 3 is 2.90 bits per heavy atom. The summed E-state index contributed by atoms with van der Waals surface area (Å²) in [5.74, 6) is 0.722. The summed E-state index contributed by atoms with van der Waals surface area (Å²) in [7, 11) is 5.65. The van der Waals surface area contributed by atoms with Crippen molar-refractivity contribution in [2.75, 3.05) is 27.7 Å². The lowest BCUT2D eigenvalue weighted by Crippen LogP contribution is -2.35. The molecule has 0 aliphatic carbocycles. The van der Waals surface area contributed by atoms with E-state index in [0.717, 1.165) is 38.4 Å². The molecule has 6 nitrogen and oxygen atoms in total. The number of nitrogens with one attached hydrogen (secondary N) is 2. The van der Waals surface area contributed by atoms with Gasteiger partial charge >= 0.3 is 0 Å². The van der Waals surface area contributed by atoms with Crippen molar-refractivity contribution in [3.63, 3.8) is 0 Å². The number of hydrogen-bond donors (Lipinski definition) is 2. The molecule has 0 saturated heterocycles. The van der Waals surface area contributed by atoms with Crippen molar-refractivity contribution in [1.82, 2.24) is 20.2 Å². The number of aromatic nitrogens is 2. The Hall–Kier alpha value is -3.16. The number of carbonyl (C=O) groups is 1. The van der Waals surface area contributed by atoms with Gasteiger partial charge in [-0.3, -0.25) is 4.79 Å². The summed E-state index contributed by atoms with van der Waals surface area (Å²) in [6.07, 6.45) is 4.37. The second-order valence-corrected chi connectivity index (χ2v) is 8.64. The number of fused-ring (bicyclic) bond motifs is 1. The van der Waals surface area contributed by atoms with E-state index in [2.05, 4.69) is 20.2 Å². The molecule has 4 rings (SSSR count). The molecule has 1 unspecified atom stereocenters. The quantitative estimate of drug-likeness (QED) is 0.435. The maximum absolute atomic E-state index is 13.3. The maximum atomic E-state index is 13.3. The third kappa shape index (κ3) is 4.78. The van der Waals surface area contributed by atoms with Crippen LogP contribution in [0.1, 0.15) is 32.4 Å². The van der Waals surface area contributed by atoms with Gasteiger partial charge in [0.2, 0.25) is 0 Å². The van der Waals surface area contributed by atoms with Gasteiger partial charge in [0.15, 0.2) is 0 Å². The van der Waals surface area contributed by atoms with Crippen LogP contribution in [-0.4, -0.2) is 48.5 Å². The number of aromatic amines is 1. The van der Waals surface area contributed by atoms with Crippen LogP contribution in [0.2, 0.25) is 0 Å². The lowest BCUT2D eigenvalue weighted by Gasteiger charge is -2.23. The van der Waals surface area contributed by atoms with E-state index < -0.39 is 0 Å². The van der Waals surface area contributed by atoms with Crippen LogP contribution in [0, 0.1) is 0 Å². The topological polar surface area (TPSA) is 70.2 Å². The van der Waals surface area contributed by atoms with E-state index >= 15 is 0 Å². The van der Waals surface area contributed by atoms with E-state index in [1.807, 2.05) is 68.1 Å². The number of amides is 1. The second kappa shape index (κ2) is 9.32. The Balaban J connectivity index is 1.57. The Bertz CT molecular complexity index is 1180. The van der Waals surface area contributed by atoms with E-state index in [1.54, 1.807) is 13.3 Å². The fourth-order valence-corrected chi connectivity index (χ4v) is 4.56. The highest BCUT2D eigenvalue weighted by molar-refractivity contribution is 7.12. The molecule has 0 saturated carbocycles. The van der Waals surface area contributed by atoms with Crippen LogP contribution < -0.4 is 10.1 Å². The van der Waals surface area contributed by atoms with Crippen molar-refractivity contribution < 1.29 is 9.53 Å². The minimum atomic E-state index is -0.148. The molecule has 0 radical (unpaired) electrons. The molecule has 0 aliphatic heterocycles. The van der Waals surface area contributed by atoms with Crippen LogP contribution in [0.15, 0.2) is 60.2 Å². The van der Waals surface area contributed by atoms with Gasteiger partial charge in [0.05, 0.1) is 18.0 Å². The summed E-state index contributed by atoms with van der Waals surface area (Å²) in [6.45, 7) is 0.688. The zero-order valence-electron chi connectivity index (χ0n) is 17.9. The predicted octanol–water partition coefficient (Wildman–Crippen LogP) is 4.26. The number of carbonyl (C=O) groups excluding carboxylic acids is 1. The van der Waals surface area contributed by atoms with Gasteiger partial charge < -0.3 is 19.9 Å². The Kier molecular flexibility index (Phi) is 6.34. The zero-order chi connectivity index (χ0) is 21.8. The molecule has 0 fully saturated rings. The number of thiophene rings is 1. The van der Waals surface area contributed by atoms with Gasteiger partial charge in [-0.1, -0.05) is 12.1 Å². The number of benzene rings is 1. The minimum absolute atomic E-state index is 0.0564. The monoisotopic (exact) mass is 434 g/mol. The van der Waals surface area contributed by atoms with Crippen LogP contribution in [0.5, 0.6) is 5.75 Å². The summed E-state index contributed by atoms with van der Waals surface area (Å²) < 4.78 is 5.37. The van der Waals surface area contributed by atoms with E-state index in [0.29, 0.717) is 13.0 Å². The summed E-state index contributed by atoms with van der Waals surface area (Å²) in [5.41, 5.74) is 4.05. The van der Waals surface area contributed by atoms with Crippen LogP contribution in [-0.2, 0) is 6.42 Å². The number of likely N-dealkylation sites (N-methyl/N-ethyl adjacent to an activating group) is 1. The molecule has 3 aromatic heterocycles. The van der Waals surface area contributed by atoms with Crippen LogP contribution in [0.4, 0.5) is 0 Å². The number of hydrogen-bond acceptors (Lipinski definition) is 5. The number of nitrogens with zero attached hydrogens (tertiary/aromatic N) is 2. The first-order valence-electron chi connectivity index (χ1n) is 10.1. The molecule has 160 valence electrons. The highest BCUT2D eigenvalue weighted by Gasteiger charge is 2.21. The van der Waals surface area contributed by atoms with Crippen molar-refractivity contribution in [3.8, 4) is 5.75 Å². The molecular weight excluding hydrogens is 408 g/mol. The zero-order valence-corrected chi connectivity index (χ0v) is 18.7. The molecule has 4 aromatic rings. The van der Waals surface area contributed by atoms with E-state index in [9.17, 15) is 4.79 Å². The highest BCUT2D eigenvalue weighted by atomic mass is 32.1. The molecule has 2 N–H and O–H groups in total. The van der Waals surface area contributed by atoms with E-state index in [1.165, 1.54) is 11.3 Å². The number of rotatable bonds is 8. The number of methoxy groups -OCH3 is 1. The fourth-order valence-electron chi connectivity index (χ4n) is 3.73. The number of pyridine rings is 1. The first kappa shape index (κ1) is 21.1. The van der Waals surface area contributed by atoms with Gasteiger partial charge in [-0.2, -0.15) is 0 Å². The molecule has 1 amide bonds. The van der Waals surface area contributed by atoms with Gasteiger partial charge in [0.1, 0.15) is 11.4 Å². The van der Waals surface area contributed by atoms with Gasteiger partial charge in [0.25, 0.3) is 5.91 Å². The fraction of sp³-hybridized carbons (Fsp3) is 0.250. The molecule has 0 bridgehead atoms. The smallest absolute Gasteiger partial charge is 0.262 e. The molecule has 1 atom stereocenters. The van der Waals surface area contributed by atoms with Gasteiger partial charge in [-0.15, -0.1) is 11.3 Å². The number of H-pyrrole nitrogens is 1. The summed E-state index contributed by atoms with van der Waals surface area (Å²) in [6, 6.07) is 13.8. The van der Waals surface area contributed by atoms with Crippen molar-refractivity contribution in [1.29, 1.82) is 0 Å². The first-order valence-corrected chi connectivity index (χ1v) is 11.0. The molecule has 1 aromatic carbocycles. The third-order valence-corrected chi connectivity index (χ3v) is 6.19. The Morgan fingerprint density at radius 2 is 2.10 bits per heavy atom. The summed E-state index contributed by atoms with van der Waals surface area (Å²) >= 11 is 1.47. The second-order valence-electron chi connectivity index (χ2n) is 7.73. The normalized spacial score (nSPS) is 12.3. The molecular formula is C24H26N4O2S. The van der Waals surface area contributed by atoms with Gasteiger partial charge in [0, 0.05) is 24.3 Å². The average molecular weight is 435 g/mol. The maximum Gasteiger partial charge on any atom is 0.262 e. The number of ether oxygens (including phenoxy) is 1. The highest BCUT2D eigenvalue weighted by Crippen LogP contribution is 2.26. The molecule has 0 aliphatic rings. The van der Waals surface area contributed by atoms with Crippen LogP contribution >= 0.6 is 11.3 Å². The minimum Gasteiger partial charge on any atom is -0.497 e. The largest absolute Gasteiger partial charge is 0.497 e. The third-order valence-electron chi connectivity index (χ3n) is 5.23. The van der Waals surface area contributed by atoms with Crippen molar-refractivity contribution in [2.24, 2.45) is 0 Å². The van der Waals surface area contributed by atoms with Gasteiger partial charge in [-0.25, -0.2) is 4.98 Å². The standard InChI is InChI=1S/C24H26N4O2S/c1-28(2)15-21(17-5-4-6-19(14-17)30-3)27-24(29)22-18(9-12-31-22)13-16-7-10-25-23-20(16)8-11-26-23/h4-12,14,21H,13,15H2,1-3H3,(H,25,26)(H,27,29). The molecule has 3 heterocycles. The van der Waals surface area contributed by atoms with Crippen LogP contribution in [0.3, 0.4) is 0 Å². The van der Waals surface area contributed by atoms with Crippen molar-refractivity contribution >= 4 is 28.3 Å². The van der Waals surface area contributed by atoms with Crippen molar-refractivity contribution in [2.45, 2.75) is 12.5 Å². The summed E-state index contributed by atoms with van der Waals surface area (Å²) in [4.78, 5) is 23.6. The summed E-state index contributed by atoms with van der Waals surface area (Å²) in [5, 5.41) is 6.30. The molecule has 31 heavy (non-hydrogen) atoms. The van der Waals surface area contributed by atoms with Crippen molar-refractivity contribution in [3.05, 3.63) is 81.8 Å². The molecule has 0 spiro atoms. The lowest BCUT2D eigenvalue weighted by atomic mass is 10.0. The Morgan fingerprint density at radius 1 is 1.23 bits per heavy atom. The lowest BCUT2D eigenvalue weighted by molar-refractivity contribution is 0.0933. The predicted molar refractivity (Wildman–Crippen MR) is 125 cm³/mol.